The summed E-state index contributed by atoms with van der Waals surface area (Å²) in [5.41, 5.74) is 2.23. The summed E-state index contributed by atoms with van der Waals surface area (Å²) >= 11 is 1.73. The van der Waals surface area contributed by atoms with E-state index in [4.69, 9.17) is 15.0 Å². The lowest BCUT2D eigenvalue weighted by Gasteiger charge is -2.42. The summed E-state index contributed by atoms with van der Waals surface area (Å²) in [5.74, 6) is 0.900. The Kier molecular flexibility index (Phi) is 5.94. The predicted octanol–water partition coefficient (Wildman–Crippen LogP) is 4.45. The maximum atomic E-state index is 12.5. The van der Waals surface area contributed by atoms with Gasteiger partial charge in [-0.2, -0.15) is 0 Å². The average Bonchev–Trinajstić information content (AvgIpc) is 3.50. The molecule has 0 bridgehead atoms. The third kappa shape index (κ3) is 5.22. The average molecular weight is 453 g/mol. The van der Waals surface area contributed by atoms with Crippen LogP contribution in [0.15, 0.2) is 29.6 Å². The standard InChI is InChI=1S/C22H25F3N3O2S/c23-22(24,25)30-18-5-3-14(4-6-18)16-9-17(21-27-19(13-31-21)15-1-2-15)11-28(10-16)20-12-29-8-7-26-20/h3-6,13,15-17,20H,1-2,7-12H2. The fraction of sp³-hybridized carbons (Fsp3) is 0.591. The lowest BCUT2D eigenvalue weighted by molar-refractivity contribution is -0.274. The van der Waals surface area contributed by atoms with E-state index >= 15 is 0 Å². The molecule has 5 nitrogen and oxygen atoms in total. The summed E-state index contributed by atoms with van der Waals surface area (Å²) in [6, 6.07) is 6.30. The van der Waals surface area contributed by atoms with Crippen LogP contribution in [0.5, 0.6) is 5.75 Å². The highest BCUT2D eigenvalue weighted by Crippen LogP contribution is 2.43. The number of ether oxygens (including phenoxy) is 2. The Balaban J connectivity index is 1.35. The molecule has 1 aromatic carbocycles. The summed E-state index contributed by atoms with van der Waals surface area (Å²) < 4.78 is 47.2. The van der Waals surface area contributed by atoms with Crippen LogP contribution in [0.25, 0.3) is 0 Å². The van der Waals surface area contributed by atoms with Crippen molar-refractivity contribution in [2.24, 2.45) is 0 Å². The normalized spacial score (nSPS) is 27.9. The molecule has 0 amide bonds. The van der Waals surface area contributed by atoms with Crippen LogP contribution in [0.4, 0.5) is 13.2 Å². The number of likely N-dealkylation sites (tertiary alicyclic amines) is 1. The van der Waals surface area contributed by atoms with Gasteiger partial charge in [-0.3, -0.25) is 4.90 Å². The summed E-state index contributed by atoms with van der Waals surface area (Å²) in [5, 5.41) is 8.10. The first-order valence-corrected chi connectivity index (χ1v) is 11.6. The van der Waals surface area contributed by atoms with Crippen LogP contribution >= 0.6 is 11.3 Å². The molecule has 2 saturated heterocycles. The van der Waals surface area contributed by atoms with Crippen LogP contribution in [-0.4, -0.2) is 55.3 Å². The number of alkyl halides is 3. The van der Waals surface area contributed by atoms with Crippen molar-refractivity contribution >= 4 is 11.3 Å². The molecular formula is C22H25F3N3O2S. The maximum absolute atomic E-state index is 12.5. The largest absolute Gasteiger partial charge is 0.573 e. The third-order valence-electron chi connectivity index (χ3n) is 6.21. The number of halogens is 3. The van der Waals surface area contributed by atoms with Gasteiger partial charge in [0.15, 0.2) is 0 Å². The second-order valence-corrected chi connectivity index (χ2v) is 9.44. The zero-order valence-electron chi connectivity index (χ0n) is 17.1. The minimum absolute atomic E-state index is 0.0229. The number of morpholine rings is 1. The minimum Gasteiger partial charge on any atom is -0.406 e. The topological polar surface area (TPSA) is 48.7 Å². The molecule has 1 aliphatic carbocycles. The summed E-state index contributed by atoms with van der Waals surface area (Å²) in [6.45, 7) is 3.62. The molecule has 5 rings (SSSR count). The van der Waals surface area contributed by atoms with Gasteiger partial charge in [-0.1, -0.05) is 12.1 Å². The molecule has 31 heavy (non-hydrogen) atoms. The molecule has 0 N–H and O–H groups in total. The van der Waals surface area contributed by atoms with Crippen molar-refractivity contribution in [3.8, 4) is 5.75 Å². The number of piperidine rings is 1. The number of hydrogen-bond donors (Lipinski definition) is 0. The number of hydrogen-bond acceptors (Lipinski definition) is 5. The van der Waals surface area contributed by atoms with Gasteiger partial charge in [0, 0.05) is 36.9 Å². The van der Waals surface area contributed by atoms with Crippen LogP contribution in [0.1, 0.15) is 53.3 Å². The van der Waals surface area contributed by atoms with Crippen LogP contribution in [0.3, 0.4) is 0 Å². The molecule has 1 aromatic heterocycles. The molecule has 2 aliphatic heterocycles. The molecule has 9 heteroatoms. The lowest BCUT2D eigenvalue weighted by atomic mass is 9.84. The first-order chi connectivity index (χ1) is 14.9. The van der Waals surface area contributed by atoms with E-state index in [1.54, 1.807) is 23.5 Å². The van der Waals surface area contributed by atoms with Crippen molar-refractivity contribution in [3.05, 3.63) is 45.9 Å². The van der Waals surface area contributed by atoms with Gasteiger partial charge in [-0.15, -0.1) is 24.5 Å². The van der Waals surface area contributed by atoms with Crippen molar-refractivity contribution in [2.45, 2.75) is 49.5 Å². The van der Waals surface area contributed by atoms with E-state index in [0.29, 0.717) is 25.7 Å². The highest BCUT2D eigenvalue weighted by atomic mass is 32.1. The highest BCUT2D eigenvalue weighted by Gasteiger charge is 2.36. The van der Waals surface area contributed by atoms with Gasteiger partial charge in [0.05, 0.1) is 30.1 Å². The molecule has 1 saturated carbocycles. The molecule has 2 aromatic rings. The van der Waals surface area contributed by atoms with Crippen LogP contribution in [-0.2, 0) is 4.74 Å². The number of nitrogens with zero attached hydrogens (tertiary/aromatic N) is 3. The molecule has 167 valence electrons. The van der Waals surface area contributed by atoms with Gasteiger partial charge >= 0.3 is 6.36 Å². The van der Waals surface area contributed by atoms with E-state index in [2.05, 4.69) is 15.0 Å². The summed E-state index contributed by atoms with van der Waals surface area (Å²) in [6.07, 6.45) is -1.28. The molecule has 3 atom stereocenters. The molecule has 3 unspecified atom stereocenters. The number of rotatable bonds is 5. The molecular weight excluding hydrogens is 427 g/mol. The first-order valence-electron chi connectivity index (χ1n) is 10.7. The van der Waals surface area contributed by atoms with Gasteiger partial charge in [0.25, 0.3) is 0 Å². The predicted molar refractivity (Wildman–Crippen MR) is 110 cm³/mol. The number of aromatic nitrogens is 1. The van der Waals surface area contributed by atoms with Gasteiger partial charge in [-0.25, -0.2) is 10.3 Å². The third-order valence-corrected chi connectivity index (χ3v) is 7.24. The molecule has 3 aliphatic rings. The van der Waals surface area contributed by atoms with Gasteiger partial charge in [-0.05, 0) is 42.9 Å². The van der Waals surface area contributed by atoms with Crippen LogP contribution in [0, 0.1) is 0 Å². The van der Waals surface area contributed by atoms with Crippen LogP contribution in [0.2, 0.25) is 0 Å². The minimum atomic E-state index is -4.68. The maximum Gasteiger partial charge on any atom is 0.573 e. The van der Waals surface area contributed by atoms with Crippen LogP contribution < -0.4 is 10.1 Å². The Morgan fingerprint density at radius 3 is 2.52 bits per heavy atom. The van der Waals surface area contributed by atoms with Gasteiger partial charge in [0.1, 0.15) is 5.75 Å². The summed E-state index contributed by atoms with van der Waals surface area (Å²) in [7, 11) is 0. The van der Waals surface area contributed by atoms with Crippen molar-refractivity contribution in [2.75, 3.05) is 32.8 Å². The smallest absolute Gasteiger partial charge is 0.406 e. The fourth-order valence-electron chi connectivity index (χ4n) is 4.52. The van der Waals surface area contributed by atoms with E-state index in [-0.39, 0.29) is 23.8 Å². The van der Waals surface area contributed by atoms with Gasteiger partial charge in [0.2, 0.25) is 0 Å². The second kappa shape index (κ2) is 8.69. The fourth-order valence-corrected chi connectivity index (χ4v) is 5.53. The Morgan fingerprint density at radius 1 is 1.06 bits per heavy atom. The quantitative estimate of drug-likeness (QED) is 0.673. The monoisotopic (exact) mass is 452 g/mol. The SMILES string of the molecule is FC(F)(F)Oc1ccc(C2CC(c3nc(C4CC4)cs3)CN(C3COCC[N]3)C2)cc1. The Morgan fingerprint density at radius 2 is 1.84 bits per heavy atom. The van der Waals surface area contributed by atoms with E-state index in [1.165, 1.54) is 30.7 Å². The molecule has 0 spiro atoms. The van der Waals surface area contributed by atoms with Crippen molar-refractivity contribution in [1.29, 1.82) is 0 Å². The number of thiazole rings is 1. The summed E-state index contributed by atoms with van der Waals surface area (Å²) in [4.78, 5) is 7.30. The number of benzene rings is 1. The highest BCUT2D eigenvalue weighted by molar-refractivity contribution is 7.09. The molecule has 1 radical (unpaired) electrons. The van der Waals surface area contributed by atoms with E-state index < -0.39 is 6.36 Å². The van der Waals surface area contributed by atoms with Crippen molar-refractivity contribution in [3.63, 3.8) is 0 Å². The lowest BCUT2D eigenvalue weighted by Crippen LogP contribution is -2.53. The zero-order chi connectivity index (χ0) is 21.4. The zero-order valence-corrected chi connectivity index (χ0v) is 17.9. The molecule has 3 fully saturated rings. The van der Waals surface area contributed by atoms with Crippen molar-refractivity contribution < 1.29 is 22.6 Å². The van der Waals surface area contributed by atoms with E-state index in [9.17, 15) is 13.2 Å². The Bertz CT molecular complexity index is 879. The van der Waals surface area contributed by atoms with Crippen molar-refractivity contribution in [1.82, 2.24) is 15.2 Å². The van der Waals surface area contributed by atoms with E-state index in [1.807, 2.05) is 0 Å². The Hall–Kier alpha value is -1.68. The Labute approximate surface area is 183 Å². The first kappa shape index (κ1) is 21.2. The second-order valence-electron chi connectivity index (χ2n) is 8.55. The van der Waals surface area contributed by atoms with Gasteiger partial charge < -0.3 is 9.47 Å². The van der Waals surface area contributed by atoms with E-state index in [0.717, 1.165) is 30.1 Å². The molecule has 3 heterocycles.